The lowest BCUT2D eigenvalue weighted by Crippen LogP contribution is -2.22. The Bertz CT molecular complexity index is 955. The molecule has 4 nitrogen and oxygen atoms in total. The summed E-state index contributed by atoms with van der Waals surface area (Å²) < 4.78 is 0. The second kappa shape index (κ2) is 8.58. The van der Waals surface area contributed by atoms with Gasteiger partial charge < -0.3 is 15.6 Å². The number of hydrogen-bond donors (Lipinski definition) is 3. The van der Waals surface area contributed by atoms with Crippen LogP contribution in [0.25, 0.3) is 10.9 Å². The summed E-state index contributed by atoms with van der Waals surface area (Å²) in [5, 5.41) is 8.57. The van der Waals surface area contributed by atoms with Crippen molar-refractivity contribution >= 4 is 39.9 Å². The van der Waals surface area contributed by atoms with Gasteiger partial charge in [-0.25, -0.2) is 0 Å². The van der Waals surface area contributed by atoms with Gasteiger partial charge in [0.05, 0.1) is 15.6 Å². The lowest BCUT2D eigenvalue weighted by molar-refractivity contribution is 0.565. The fraction of sp³-hybridized carbons (Fsp3) is 0.250. The Kier molecular flexibility index (Phi) is 6.20. The van der Waals surface area contributed by atoms with E-state index in [1.807, 2.05) is 42.5 Å². The summed E-state index contributed by atoms with van der Waals surface area (Å²) in [4.78, 5) is 15.3. The number of halogens is 2. The lowest BCUT2D eigenvalue weighted by Gasteiger charge is -2.15. The number of aromatic nitrogens is 1. The first-order valence-corrected chi connectivity index (χ1v) is 9.34. The maximum atomic E-state index is 12.1. The monoisotopic (exact) mass is 389 g/mol. The van der Waals surface area contributed by atoms with E-state index in [9.17, 15) is 4.79 Å². The van der Waals surface area contributed by atoms with Crippen LogP contribution in [-0.4, -0.2) is 18.1 Å². The van der Waals surface area contributed by atoms with Crippen LogP contribution in [-0.2, 0) is 0 Å². The molecule has 0 saturated carbocycles. The van der Waals surface area contributed by atoms with Gasteiger partial charge in [-0.3, -0.25) is 4.79 Å². The van der Waals surface area contributed by atoms with Crippen molar-refractivity contribution in [3.8, 4) is 0 Å². The fourth-order valence-electron chi connectivity index (χ4n) is 2.82. The Morgan fingerprint density at radius 2 is 1.85 bits per heavy atom. The largest absolute Gasteiger partial charge is 0.371 e. The number of hydrogen-bond acceptors (Lipinski definition) is 3. The molecule has 3 aromatic rings. The highest BCUT2D eigenvalue weighted by Crippen LogP contribution is 2.25. The first-order chi connectivity index (χ1) is 12.5. The standard InChI is InChI=1S/C20H21Cl2N3O/c1-13(14-7-8-16(21)17(22)11-14)23-9-4-10-24-20-12-19(26)15-5-2-3-6-18(15)25-20/h2-3,5-8,11-13,23H,4,9-10H2,1H3,(H2,24,25,26). The molecule has 1 unspecified atom stereocenters. The van der Waals surface area contributed by atoms with Crippen molar-refractivity contribution in [2.75, 3.05) is 18.4 Å². The van der Waals surface area contributed by atoms with Crippen LogP contribution in [0.4, 0.5) is 5.82 Å². The molecule has 0 aliphatic heterocycles. The Hall–Kier alpha value is -2.01. The molecule has 0 saturated heterocycles. The van der Waals surface area contributed by atoms with E-state index in [-0.39, 0.29) is 11.5 Å². The summed E-state index contributed by atoms with van der Waals surface area (Å²) in [6, 6.07) is 15.0. The SMILES string of the molecule is CC(NCCCNc1cc(=O)c2ccccc2[nH]1)c1ccc(Cl)c(Cl)c1. The van der Waals surface area contributed by atoms with Gasteiger partial charge in [0, 0.05) is 24.0 Å². The first kappa shape index (κ1) is 18.8. The molecule has 0 aliphatic carbocycles. The molecule has 1 aromatic heterocycles. The highest BCUT2D eigenvalue weighted by atomic mass is 35.5. The zero-order chi connectivity index (χ0) is 18.5. The average molecular weight is 390 g/mol. The Morgan fingerprint density at radius 1 is 1.04 bits per heavy atom. The number of nitrogens with one attached hydrogen (secondary N) is 3. The normalized spacial score (nSPS) is 12.3. The molecule has 0 aliphatic rings. The van der Waals surface area contributed by atoms with E-state index in [1.165, 1.54) is 0 Å². The molecular weight excluding hydrogens is 369 g/mol. The zero-order valence-corrected chi connectivity index (χ0v) is 16.0. The van der Waals surface area contributed by atoms with Crippen LogP contribution in [0.15, 0.2) is 53.3 Å². The number of para-hydroxylation sites is 1. The minimum absolute atomic E-state index is 0.0215. The summed E-state index contributed by atoms with van der Waals surface area (Å²) >= 11 is 12.0. The van der Waals surface area contributed by atoms with E-state index in [0.29, 0.717) is 15.4 Å². The predicted octanol–water partition coefficient (Wildman–Crippen LogP) is 4.99. The van der Waals surface area contributed by atoms with Gasteiger partial charge >= 0.3 is 0 Å². The van der Waals surface area contributed by atoms with E-state index >= 15 is 0 Å². The fourth-order valence-corrected chi connectivity index (χ4v) is 3.13. The van der Waals surface area contributed by atoms with Gasteiger partial charge in [0.2, 0.25) is 0 Å². The third kappa shape index (κ3) is 4.58. The molecule has 0 spiro atoms. The van der Waals surface area contributed by atoms with Crippen LogP contribution < -0.4 is 16.1 Å². The third-order valence-electron chi connectivity index (χ3n) is 4.30. The molecule has 1 atom stereocenters. The van der Waals surface area contributed by atoms with Crippen molar-refractivity contribution < 1.29 is 0 Å². The third-order valence-corrected chi connectivity index (χ3v) is 5.04. The molecule has 3 N–H and O–H groups in total. The summed E-state index contributed by atoms with van der Waals surface area (Å²) in [6.07, 6.45) is 0.917. The Morgan fingerprint density at radius 3 is 2.65 bits per heavy atom. The first-order valence-electron chi connectivity index (χ1n) is 8.59. The van der Waals surface area contributed by atoms with E-state index in [1.54, 1.807) is 6.07 Å². The van der Waals surface area contributed by atoms with Gasteiger partial charge in [-0.1, -0.05) is 41.4 Å². The molecule has 136 valence electrons. The molecule has 0 amide bonds. The van der Waals surface area contributed by atoms with E-state index in [2.05, 4.69) is 22.5 Å². The maximum absolute atomic E-state index is 12.1. The van der Waals surface area contributed by atoms with Crippen molar-refractivity contribution in [3.63, 3.8) is 0 Å². The zero-order valence-electron chi connectivity index (χ0n) is 14.5. The van der Waals surface area contributed by atoms with Crippen LogP contribution >= 0.6 is 23.2 Å². The minimum Gasteiger partial charge on any atom is -0.371 e. The quantitative estimate of drug-likeness (QED) is 0.499. The smallest absolute Gasteiger partial charge is 0.191 e. The molecule has 2 aromatic carbocycles. The van der Waals surface area contributed by atoms with E-state index in [0.717, 1.165) is 36.4 Å². The summed E-state index contributed by atoms with van der Waals surface area (Å²) in [5.41, 5.74) is 1.97. The van der Waals surface area contributed by atoms with Crippen LogP contribution in [0, 0.1) is 0 Å². The molecule has 1 heterocycles. The van der Waals surface area contributed by atoms with Crippen molar-refractivity contribution in [2.24, 2.45) is 0 Å². The number of H-pyrrole nitrogens is 1. The van der Waals surface area contributed by atoms with Gasteiger partial charge in [0.25, 0.3) is 0 Å². The number of rotatable bonds is 7. The molecule has 3 rings (SSSR count). The molecule has 0 radical (unpaired) electrons. The number of fused-ring (bicyclic) bond motifs is 1. The Labute approximate surface area is 162 Å². The summed E-state index contributed by atoms with van der Waals surface area (Å²) in [6.45, 7) is 3.69. The lowest BCUT2D eigenvalue weighted by atomic mass is 10.1. The number of anilines is 1. The van der Waals surface area contributed by atoms with Crippen molar-refractivity contribution in [3.05, 3.63) is 74.4 Å². The van der Waals surface area contributed by atoms with Crippen molar-refractivity contribution in [1.29, 1.82) is 0 Å². The molecule has 0 bridgehead atoms. The Balaban J connectivity index is 1.48. The van der Waals surface area contributed by atoms with E-state index < -0.39 is 0 Å². The van der Waals surface area contributed by atoms with Crippen LogP contribution in [0.1, 0.15) is 24.9 Å². The highest BCUT2D eigenvalue weighted by molar-refractivity contribution is 6.42. The van der Waals surface area contributed by atoms with Gasteiger partial charge in [-0.05, 0) is 49.7 Å². The molecule has 26 heavy (non-hydrogen) atoms. The summed E-state index contributed by atoms with van der Waals surface area (Å²) in [7, 11) is 0. The van der Waals surface area contributed by atoms with Crippen LogP contribution in [0.3, 0.4) is 0 Å². The number of pyridine rings is 1. The maximum Gasteiger partial charge on any atom is 0.191 e. The molecular formula is C20H21Cl2N3O. The second-order valence-electron chi connectivity index (χ2n) is 6.22. The number of aromatic amines is 1. The summed E-state index contributed by atoms with van der Waals surface area (Å²) in [5.74, 6) is 0.742. The van der Waals surface area contributed by atoms with Crippen LogP contribution in [0.5, 0.6) is 0 Å². The van der Waals surface area contributed by atoms with Gasteiger partial charge in [0.15, 0.2) is 5.43 Å². The topological polar surface area (TPSA) is 56.9 Å². The number of benzene rings is 2. The molecule has 6 heteroatoms. The average Bonchev–Trinajstić information content (AvgIpc) is 2.63. The second-order valence-corrected chi connectivity index (χ2v) is 7.04. The molecule has 0 fully saturated rings. The predicted molar refractivity (Wildman–Crippen MR) is 111 cm³/mol. The highest BCUT2D eigenvalue weighted by Gasteiger charge is 2.07. The van der Waals surface area contributed by atoms with Crippen molar-refractivity contribution in [1.82, 2.24) is 10.3 Å². The minimum atomic E-state index is 0.0215. The van der Waals surface area contributed by atoms with Gasteiger partial charge in [-0.2, -0.15) is 0 Å². The van der Waals surface area contributed by atoms with Crippen LogP contribution in [0.2, 0.25) is 10.0 Å². The van der Waals surface area contributed by atoms with Gasteiger partial charge in [-0.15, -0.1) is 0 Å². The van der Waals surface area contributed by atoms with E-state index in [4.69, 9.17) is 23.2 Å². The van der Waals surface area contributed by atoms with Gasteiger partial charge in [0.1, 0.15) is 5.82 Å². The van der Waals surface area contributed by atoms with Crippen molar-refractivity contribution in [2.45, 2.75) is 19.4 Å².